The van der Waals surface area contributed by atoms with Crippen molar-refractivity contribution in [3.8, 4) is 11.6 Å². The predicted octanol–water partition coefficient (Wildman–Crippen LogP) is 3.30. The topological polar surface area (TPSA) is 51.0 Å². The lowest BCUT2D eigenvalue weighted by Gasteiger charge is -2.02. The molecule has 0 saturated heterocycles. The van der Waals surface area contributed by atoms with Crippen molar-refractivity contribution in [1.82, 2.24) is 9.97 Å². The van der Waals surface area contributed by atoms with Gasteiger partial charge in [-0.25, -0.2) is 9.97 Å². The number of hydrogen-bond acceptors (Lipinski definition) is 5. The maximum absolute atomic E-state index is 5.33. The predicted molar refractivity (Wildman–Crippen MR) is 69.4 cm³/mol. The number of aromatic nitrogens is 2. The summed E-state index contributed by atoms with van der Waals surface area (Å²) in [5.74, 6) is 2.15. The van der Waals surface area contributed by atoms with Crippen molar-refractivity contribution < 1.29 is 4.42 Å². The van der Waals surface area contributed by atoms with Crippen LogP contribution in [0.2, 0.25) is 0 Å². The molecule has 0 aliphatic heterocycles. The van der Waals surface area contributed by atoms with Crippen LogP contribution >= 0.6 is 11.3 Å². The molecule has 0 saturated carbocycles. The largest absolute Gasteiger partial charge is 0.461 e. The molecule has 0 aliphatic carbocycles. The van der Waals surface area contributed by atoms with Gasteiger partial charge < -0.3 is 9.73 Å². The Morgan fingerprint density at radius 1 is 1.35 bits per heavy atom. The SMILES string of the molecule is CNc1nc(-c2ccco2)nc2sc(C)cc12. The highest BCUT2D eigenvalue weighted by Gasteiger charge is 2.12. The van der Waals surface area contributed by atoms with Gasteiger partial charge in [-0.3, -0.25) is 0 Å². The second kappa shape index (κ2) is 3.85. The standard InChI is InChI=1S/C12H11N3OS/c1-7-6-8-10(13-2)14-11(15-12(8)17-7)9-4-3-5-16-9/h3-6H,1-2H3,(H,13,14,15). The second-order valence-corrected chi connectivity index (χ2v) is 4.93. The van der Waals surface area contributed by atoms with Crippen LogP contribution in [0.25, 0.3) is 21.8 Å². The first kappa shape index (κ1) is 10.3. The fourth-order valence-corrected chi connectivity index (χ4v) is 2.63. The lowest BCUT2D eigenvalue weighted by Crippen LogP contribution is -1.96. The van der Waals surface area contributed by atoms with Crippen LogP contribution in [0.5, 0.6) is 0 Å². The molecule has 3 aromatic rings. The van der Waals surface area contributed by atoms with Crippen LogP contribution in [0.4, 0.5) is 5.82 Å². The number of aryl methyl sites for hydroxylation is 1. The van der Waals surface area contributed by atoms with E-state index < -0.39 is 0 Å². The zero-order valence-corrected chi connectivity index (χ0v) is 10.3. The normalized spacial score (nSPS) is 10.9. The summed E-state index contributed by atoms with van der Waals surface area (Å²) in [5.41, 5.74) is 0. The number of fused-ring (bicyclic) bond motifs is 1. The smallest absolute Gasteiger partial charge is 0.199 e. The quantitative estimate of drug-likeness (QED) is 0.752. The van der Waals surface area contributed by atoms with Gasteiger partial charge in [-0.15, -0.1) is 11.3 Å². The second-order valence-electron chi connectivity index (χ2n) is 3.70. The van der Waals surface area contributed by atoms with Crippen molar-refractivity contribution in [2.45, 2.75) is 6.92 Å². The van der Waals surface area contributed by atoms with Crippen molar-refractivity contribution in [3.63, 3.8) is 0 Å². The van der Waals surface area contributed by atoms with Crippen molar-refractivity contribution in [1.29, 1.82) is 0 Å². The summed E-state index contributed by atoms with van der Waals surface area (Å²) in [6.07, 6.45) is 1.63. The van der Waals surface area contributed by atoms with Crippen LogP contribution in [0, 0.1) is 6.92 Å². The molecule has 3 aromatic heterocycles. The lowest BCUT2D eigenvalue weighted by molar-refractivity contribution is 0.578. The Hall–Kier alpha value is -1.88. The third-order valence-electron chi connectivity index (χ3n) is 2.49. The summed E-state index contributed by atoms with van der Waals surface area (Å²) in [4.78, 5) is 11.2. The van der Waals surface area contributed by atoms with Gasteiger partial charge in [0.25, 0.3) is 0 Å². The first-order valence-electron chi connectivity index (χ1n) is 5.28. The Balaban J connectivity index is 2.28. The minimum atomic E-state index is 0.619. The summed E-state index contributed by atoms with van der Waals surface area (Å²) in [6.45, 7) is 2.07. The molecule has 86 valence electrons. The number of nitrogens with zero attached hydrogens (tertiary/aromatic N) is 2. The zero-order chi connectivity index (χ0) is 11.8. The molecule has 3 heterocycles. The summed E-state index contributed by atoms with van der Waals surface area (Å²) < 4.78 is 5.33. The van der Waals surface area contributed by atoms with Gasteiger partial charge in [0.1, 0.15) is 10.6 Å². The van der Waals surface area contributed by atoms with Gasteiger partial charge in [-0.2, -0.15) is 0 Å². The average molecular weight is 245 g/mol. The molecule has 0 aliphatic rings. The number of anilines is 1. The van der Waals surface area contributed by atoms with Crippen molar-refractivity contribution in [3.05, 3.63) is 29.3 Å². The van der Waals surface area contributed by atoms with E-state index in [9.17, 15) is 0 Å². The highest BCUT2D eigenvalue weighted by Crippen LogP contribution is 2.30. The number of furan rings is 1. The van der Waals surface area contributed by atoms with Crippen LogP contribution in [0.15, 0.2) is 28.9 Å². The Kier molecular flexibility index (Phi) is 2.33. The van der Waals surface area contributed by atoms with Gasteiger partial charge in [-0.1, -0.05) is 0 Å². The summed E-state index contributed by atoms with van der Waals surface area (Å²) in [6, 6.07) is 5.79. The summed E-state index contributed by atoms with van der Waals surface area (Å²) in [5, 5.41) is 4.16. The van der Waals surface area contributed by atoms with Gasteiger partial charge in [0, 0.05) is 11.9 Å². The molecule has 0 atom stereocenters. The first-order valence-corrected chi connectivity index (χ1v) is 6.09. The molecule has 0 aromatic carbocycles. The fourth-order valence-electron chi connectivity index (χ4n) is 1.75. The molecule has 4 nitrogen and oxygen atoms in total. The number of hydrogen-bond donors (Lipinski definition) is 1. The minimum absolute atomic E-state index is 0.619. The number of nitrogens with one attached hydrogen (secondary N) is 1. The molecule has 5 heteroatoms. The van der Waals surface area contributed by atoms with Gasteiger partial charge in [-0.05, 0) is 25.1 Å². The molecule has 0 unspecified atom stereocenters. The van der Waals surface area contributed by atoms with Crippen LogP contribution in [0.1, 0.15) is 4.88 Å². The number of rotatable bonds is 2. The van der Waals surface area contributed by atoms with Crippen molar-refractivity contribution >= 4 is 27.4 Å². The van der Waals surface area contributed by atoms with E-state index in [0.29, 0.717) is 11.6 Å². The fraction of sp³-hybridized carbons (Fsp3) is 0.167. The van der Waals surface area contributed by atoms with E-state index in [1.165, 1.54) is 4.88 Å². The first-order chi connectivity index (χ1) is 8.28. The van der Waals surface area contributed by atoms with Gasteiger partial charge in [0.05, 0.1) is 11.6 Å². The van der Waals surface area contributed by atoms with Gasteiger partial charge >= 0.3 is 0 Å². The van der Waals surface area contributed by atoms with E-state index >= 15 is 0 Å². The maximum Gasteiger partial charge on any atom is 0.199 e. The van der Waals surface area contributed by atoms with E-state index in [4.69, 9.17) is 4.42 Å². The van der Waals surface area contributed by atoms with Crippen molar-refractivity contribution in [2.75, 3.05) is 12.4 Å². The molecular weight excluding hydrogens is 234 g/mol. The molecule has 0 fully saturated rings. The molecule has 1 N–H and O–H groups in total. The highest BCUT2D eigenvalue weighted by atomic mass is 32.1. The Bertz CT molecular complexity index is 658. The third kappa shape index (κ3) is 1.68. The van der Waals surface area contributed by atoms with E-state index in [1.54, 1.807) is 17.6 Å². The van der Waals surface area contributed by atoms with E-state index in [1.807, 2.05) is 19.2 Å². The summed E-state index contributed by atoms with van der Waals surface area (Å²) >= 11 is 1.66. The highest BCUT2D eigenvalue weighted by molar-refractivity contribution is 7.18. The van der Waals surface area contributed by atoms with E-state index in [0.717, 1.165) is 16.0 Å². The van der Waals surface area contributed by atoms with Crippen LogP contribution in [0.3, 0.4) is 0 Å². The Morgan fingerprint density at radius 2 is 2.24 bits per heavy atom. The third-order valence-corrected chi connectivity index (χ3v) is 3.44. The molecular formula is C12H11N3OS. The molecule has 0 radical (unpaired) electrons. The molecule has 3 rings (SSSR count). The minimum Gasteiger partial charge on any atom is -0.461 e. The van der Waals surface area contributed by atoms with Crippen LogP contribution in [-0.2, 0) is 0 Å². The summed E-state index contributed by atoms with van der Waals surface area (Å²) in [7, 11) is 1.86. The zero-order valence-electron chi connectivity index (χ0n) is 9.52. The molecule has 17 heavy (non-hydrogen) atoms. The Labute approximate surface area is 102 Å². The van der Waals surface area contributed by atoms with E-state index in [-0.39, 0.29) is 0 Å². The lowest BCUT2D eigenvalue weighted by atomic mass is 10.3. The van der Waals surface area contributed by atoms with Gasteiger partial charge in [0.2, 0.25) is 0 Å². The Morgan fingerprint density at radius 3 is 2.94 bits per heavy atom. The van der Waals surface area contributed by atoms with Crippen LogP contribution < -0.4 is 5.32 Å². The molecule has 0 spiro atoms. The molecule has 0 amide bonds. The monoisotopic (exact) mass is 245 g/mol. The van der Waals surface area contributed by atoms with Crippen LogP contribution in [-0.4, -0.2) is 17.0 Å². The number of thiophene rings is 1. The maximum atomic E-state index is 5.33. The van der Waals surface area contributed by atoms with Gasteiger partial charge in [0.15, 0.2) is 11.6 Å². The molecule has 0 bridgehead atoms. The van der Waals surface area contributed by atoms with Crippen molar-refractivity contribution in [2.24, 2.45) is 0 Å². The van der Waals surface area contributed by atoms with E-state index in [2.05, 4.69) is 28.3 Å². The average Bonchev–Trinajstić information content (AvgIpc) is 2.94.